The second kappa shape index (κ2) is 10.7. The molecular formula is C27H24FN5O3S2. The smallest absolute Gasteiger partial charge is 0.264 e. The maximum atomic E-state index is 13.8. The van der Waals surface area contributed by atoms with Crippen molar-refractivity contribution < 1.29 is 17.6 Å². The monoisotopic (exact) mass is 549 g/mol. The van der Waals surface area contributed by atoms with Gasteiger partial charge in [0.05, 0.1) is 27.3 Å². The van der Waals surface area contributed by atoms with Gasteiger partial charge < -0.3 is 0 Å². The van der Waals surface area contributed by atoms with Crippen LogP contribution in [-0.2, 0) is 16.6 Å². The third-order valence-electron chi connectivity index (χ3n) is 5.95. The third-order valence-corrected chi connectivity index (χ3v) is 8.91. The number of rotatable bonds is 9. The lowest BCUT2D eigenvalue weighted by molar-refractivity contribution is 0.0985. The fraction of sp³-hybridized carbons (Fsp3) is 0.148. The topological polar surface area (TPSA) is 88.4 Å². The highest BCUT2D eigenvalue weighted by Gasteiger charge is 2.26. The molecule has 3 aromatic carbocycles. The van der Waals surface area contributed by atoms with Crippen molar-refractivity contribution >= 4 is 48.3 Å². The highest BCUT2D eigenvalue weighted by Crippen LogP contribution is 2.31. The van der Waals surface area contributed by atoms with E-state index in [4.69, 9.17) is 0 Å². The number of anilines is 2. The SMILES string of the molecule is CCN(c1ccccc1)S(=O)(=O)c1ccc(C(=O)N(CCn2cccn2)c2nc3ccc(F)cc3s2)cc1. The van der Waals surface area contributed by atoms with E-state index >= 15 is 0 Å². The van der Waals surface area contributed by atoms with Gasteiger partial charge in [-0.15, -0.1) is 0 Å². The number of hydrogen-bond acceptors (Lipinski definition) is 6. The van der Waals surface area contributed by atoms with Crippen LogP contribution in [0.3, 0.4) is 0 Å². The first-order valence-corrected chi connectivity index (χ1v) is 14.2. The summed E-state index contributed by atoms with van der Waals surface area (Å²) in [6.07, 6.45) is 3.45. The summed E-state index contributed by atoms with van der Waals surface area (Å²) < 4.78 is 44.1. The average molecular weight is 550 g/mol. The van der Waals surface area contributed by atoms with Crippen molar-refractivity contribution in [1.82, 2.24) is 14.8 Å². The van der Waals surface area contributed by atoms with E-state index in [0.717, 1.165) is 0 Å². The second-order valence-corrected chi connectivity index (χ2v) is 11.2. The molecule has 0 bridgehead atoms. The molecule has 194 valence electrons. The molecule has 1 amide bonds. The average Bonchev–Trinajstić information content (AvgIpc) is 3.59. The number of carbonyl (C=O) groups excluding carboxylic acids is 1. The zero-order valence-corrected chi connectivity index (χ0v) is 22.1. The quantitative estimate of drug-likeness (QED) is 0.252. The Hall–Kier alpha value is -4.09. The van der Waals surface area contributed by atoms with Crippen LogP contribution in [0.4, 0.5) is 15.2 Å². The van der Waals surface area contributed by atoms with Gasteiger partial charge in [0.1, 0.15) is 5.82 Å². The van der Waals surface area contributed by atoms with Crippen LogP contribution in [0.2, 0.25) is 0 Å². The number of hydrogen-bond donors (Lipinski definition) is 0. The Balaban J connectivity index is 1.45. The zero-order chi connectivity index (χ0) is 26.7. The Morgan fingerprint density at radius 3 is 2.47 bits per heavy atom. The van der Waals surface area contributed by atoms with Crippen molar-refractivity contribution in [3.8, 4) is 0 Å². The molecule has 0 spiro atoms. The molecule has 0 aliphatic rings. The molecule has 0 radical (unpaired) electrons. The van der Waals surface area contributed by atoms with E-state index in [1.54, 1.807) is 60.4 Å². The maximum absolute atomic E-state index is 13.8. The highest BCUT2D eigenvalue weighted by molar-refractivity contribution is 7.92. The van der Waals surface area contributed by atoms with Gasteiger partial charge in [-0.1, -0.05) is 29.5 Å². The fourth-order valence-corrected chi connectivity index (χ4v) is 6.55. The number of thiazole rings is 1. The molecule has 0 saturated carbocycles. The first-order chi connectivity index (χ1) is 18.4. The first-order valence-electron chi connectivity index (χ1n) is 11.9. The van der Waals surface area contributed by atoms with Gasteiger partial charge >= 0.3 is 0 Å². The van der Waals surface area contributed by atoms with Gasteiger partial charge in [0.2, 0.25) is 0 Å². The van der Waals surface area contributed by atoms with Gasteiger partial charge in [-0.25, -0.2) is 17.8 Å². The number of aromatic nitrogens is 3. The molecule has 5 aromatic rings. The Morgan fingerprint density at radius 2 is 1.79 bits per heavy atom. The molecule has 0 fully saturated rings. The molecule has 38 heavy (non-hydrogen) atoms. The van der Waals surface area contributed by atoms with Crippen LogP contribution in [0.25, 0.3) is 10.2 Å². The van der Waals surface area contributed by atoms with Crippen molar-refractivity contribution in [1.29, 1.82) is 0 Å². The number of amides is 1. The predicted octanol–water partition coefficient (Wildman–Crippen LogP) is 5.19. The molecule has 0 unspecified atom stereocenters. The number of fused-ring (bicyclic) bond motifs is 1. The van der Waals surface area contributed by atoms with Gasteiger partial charge in [-0.2, -0.15) is 5.10 Å². The summed E-state index contributed by atoms with van der Waals surface area (Å²) in [6.45, 7) is 2.70. The Morgan fingerprint density at radius 1 is 1.03 bits per heavy atom. The molecule has 5 rings (SSSR count). The van der Waals surface area contributed by atoms with Crippen LogP contribution < -0.4 is 9.21 Å². The number of para-hydroxylation sites is 1. The van der Waals surface area contributed by atoms with E-state index in [1.807, 2.05) is 6.07 Å². The number of benzene rings is 3. The number of sulfonamides is 1. The largest absolute Gasteiger partial charge is 0.282 e. The molecule has 8 nitrogen and oxygen atoms in total. The van der Waals surface area contributed by atoms with E-state index in [1.165, 1.54) is 56.9 Å². The number of nitrogens with zero attached hydrogens (tertiary/aromatic N) is 5. The van der Waals surface area contributed by atoms with Crippen molar-refractivity contribution in [2.24, 2.45) is 0 Å². The van der Waals surface area contributed by atoms with Crippen molar-refractivity contribution in [3.63, 3.8) is 0 Å². The molecule has 11 heteroatoms. The molecule has 0 saturated heterocycles. The van der Waals surface area contributed by atoms with E-state index in [0.29, 0.717) is 33.1 Å². The Bertz CT molecular complexity index is 1650. The van der Waals surface area contributed by atoms with Gasteiger partial charge in [0.25, 0.3) is 15.9 Å². The number of carbonyl (C=O) groups is 1. The normalized spacial score (nSPS) is 11.5. The van der Waals surface area contributed by atoms with Crippen LogP contribution in [0, 0.1) is 5.82 Å². The molecule has 2 heterocycles. The second-order valence-electron chi connectivity index (χ2n) is 8.36. The van der Waals surface area contributed by atoms with Crippen LogP contribution >= 0.6 is 11.3 Å². The molecule has 0 aliphatic heterocycles. The van der Waals surface area contributed by atoms with E-state index < -0.39 is 10.0 Å². The highest BCUT2D eigenvalue weighted by atomic mass is 32.2. The number of halogens is 1. The summed E-state index contributed by atoms with van der Waals surface area (Å²) in [5.41, 5.74) is 1.45. The lowest BCUT2D eigenvalue weighted by Crippen LogP contribution is -2.34. The summed E-state index contributed by atoms with van der Waals surface area (Å²) in [6, 6.07) is 20.8. The van der Waals surface area contributed by atoms with Gasteiger partial charge in [-0.05, 0) is 67.6 Å². The maximum Gasteiger partial charge on any atom is 0.264 e. The van der Waals surface area contributed by atoms with Crippen molar-refractivity contribution in [2.75, 3.05) is 22.3 Å². The molecule has 0 N–H and O–H groups in total. The summed E-state index contributed by atoms with van der Waals surface area (Å²) in [5, 5.41) is 4.61. The van der Waals surface area contributed by atoms with Crippen LogP contribution in [0.15, 0.2) is 96.2 Å². The molecular weight excluding hydrogens is 525 g/mol. The van der Waals surface area contributed by atoms with E-state index in [9.17, 15) is 17.6 Å². The Labute approximate surface area is 223 Å². The standard InChI is InChI=1S/C27H24FN5O3S2/c1-2-33(22-7-4-3-5-8-22)38(35,36)23-12-9-20(10-13-23)26(34)32(18-17-31-16-6-15-29-31)27-30-24-14-11-21(28)19-25(24)37-27/h3-16,19H,2,17-18H2,1H3. The van der Waals surface area contributed by atoms with E-state index in [2.05, 4.69) is 10.1 Å². The minimum atomic E-state index is -3.83. The Kier molecular flexibility index (Phi) is 7.21. The summed E-state index contributed by atoms with van der Waals surface area (Å²) in [5.74, 6) is -0.730. The van der Waals surface area contributed by atoms with Gasteiger partial charge in [0.15, 0.2) is 5.13 Å². The fourth-order valence-electron chi connectivity index (χ4n) is 4.06. The van der Waals surface area contributed by atoms with Crippen LogP contribution in [-0.4, -0.2) is 42.2 Å². The molecule has 0 aliphatic carbocycles. The van der Waals surface area contributed by atoms with Gasteiger partial charge in [-0.3, -0.25) is 18.7 Å². The van der Waals surface area contributed by atoms with Crippen molar-refractivity contribution in [2.45, 2.75) is 18.4 Å². The first kappa shape index (κ1) is 25.6. The minimum absolute atomic E-state index is 0.0818. The minimum Gasteiger partial charge on any atom is -0.282 e. The predicted molar refractivity (Wildman–Crippen MR) is 147 cm³/mol. The van der Waals surface area contributed by atoms with E-state index in [-0.39, 0.29) is 29.7 Å². The molecule has 2 aromatic heterocycles. The lowest BCUT2D eigenvalue weighted by Gasteiger charge is -2.23. The molecule has 0 atom stereocenters. The third kappa shape index (κ3) is 5.15. The summed E-state index contributed by atoms with van der Waals surface area (Å²) in [7, 11) is -3.83. The zero-order valence-electron chi connectivity index (χ0n) is 20.4. The van der Waals surface area contributed by atoms with Crippen molar-refractivity contribution in [3.05, 3.63) is 103 Å². The lowest BCUT2D eigenvalue weighted by atomic mass is 10.2. The van der Waals surface area contributed by atoms with Crippen LogP contribution in [0.5, 0.6) is 0 Å². The summed E-state index contributed by atoms with van der Waals surface area (Å²) >= 11 is 1.21. The van der Waals surface area contributed by atoms with Crippen LogP contribution in [0.1, 0.15) is 17.3 Å². The summed E-state index contributed by atoms with van der Waals surface area (Å²) in [4.78, 5) is 19.8. The van der Waals surface area contributed by atoms with Gasteiger partial charge in [0, 0.05) is 31.0 Å².